The van der Waals surface area contributed by atoms with Crippen LogP contribution in [0.1, 0.15) is 34.5 Å². The van der Waals surface area contributed by atoms with Crippen molar-refractivity contribution < 1.29 is 4.79 Å². The molecule has 0 aliphatic heterocycles. The minimum Gasteiger partial charge on any atom is -0.335 e. The van der Waals surface area contributed by atoms with E-state index < -0.39 is 0 Å². The summed E-state index contributed by atoms with van der Waals surface area (Å²) in [5, 5.41) is 4.30. The summed E-state index contributed by atoms with van der Waals surface area (Å²) in [6.07, 6.45) is 3.39. The Labute approximate surface area is 142 Å². The van der Waals surface area contributed by atoms with Crippen LogP contribution in [0.25, 0.3) is 5.69 Å². The van der Waals surface area contributed by atoms with E-state index in [-0.39, 0.29) is 11.9 Å². The molecular formula is C20H21N3O. The molecule has 0 fully saturated rings. The van der Waals surface area contributed by atoms with Crippen molar-refractivity contribution in [3.63, 3.8) is 0 Å². The van der Waals surface area contributed by atoms with E-state index in [4.69, 9.17) is 0 Å². The molecule has 4 nitrogen and oxygen atoms in total. The lowest BCUT2D eigenvalue weighted by Crippen LogP contribution is -2.29. The predicted octanol–water partition coefficient (Wildman–Crippen LogP) is 4.01. The quantitative estimate of drug-likeness (QED) is 0.728. The Balaban J connectivity index is 1.78. The van der Waals surface area contributed by atoms with Crippen LogP contribution in [0.15, 0.2) is 67.0 Å². The standard InChI is InChI=1S/C20H21N3O/c1-15-9-11-17(12-10-15)16(2)22(3)20(24)18-13-21-23(14-18)19-7-5-4-6-8-19/h4-14,16H,1-3H3. The molecule has 0 aliphatic carbocycles. The first-order valence-corrected chi connectivity index (χ1v) is 8.00. The number of hydrogen-bond donors (Lipinski definition) is 0. The zero-order valence-corrected chi connectivity index (χ0v) is 14.2. The largest absolute Gasteiger partial charge is 0.335 e. The van der Waals surface area contributed by atoms with E-state index in [0.29, 0.717) is 5.56 Å². The fourth-order valence-corrected chi connectivity index (χ4v) is 2.60. The molecule has 24 heavy (non-hydrogen) atoms. The summed E-state index contributed by atoms with van der Waals surface area (Å²) in [5.41, 5.74) is 3.85. The monoisotopic (exact) mass is 319 g/mol. The van der Waals surface area contributed by atoms with Gasteiger partial charge >= 0.3 is 0 Å². The highest BCUT2D eigenvalue weighted by Gasteiger charge is 2.20. The molecule has 0 spiro atoms. The number of nitrogens with zero attached hydrogens (tertiary/aromatic N) is 3. The van der Waals surface area contributed by atoms with E-state index in [1.54, 1.807) is 22.0 Å². The van der Waals surface area contributed by atoms with Crippen LogP contribution in [0.3, 0.4) is 0 Å². The molecule has 0 saturated carbocycles. The number of hydrogen-bond acceptors (Lipinski definition) is 2. The maximum absolute atomic E-state index is 12.7. The van der Waals surface area contributed by atoms with Crippen molar-refractivity contribution >= 4 is 5.91 Å². The Kier molecular flexibility index (Phi) is 4.47. The average molecular weight is 319 g/mol. The van der Waals surface area contributed by atoms with Crippen LogP contribution in [0.2, 0.25) is 0 Å². The van der Waals surface area contributed by atoms with Gasteiger partial charge in [-0.1, -0.05) is 48.0 Å². The van der Waals surface area contributed by atoms with Gasteiger partial charge in [-0.3, -0.25) is 4.79 Å². The lowest BCUT2D eigenvalue weighted by molar-refractivity contribution is 0.0742. The summed E-state index contributed by atoms with van der Waals surface area (Å²) in [4.78, 5) is 14.5. The number of aromatic nitrogens is 2. The topological polar surface area (TPSA) is 38.1 Å². The second kappa shape index (κ2) is 6.71. The van der Waals surface area contributed by atoms with Gasteiger partial charge in [0.15, 0.2) is 0 Å². The molecule has 2 aromatic carbocycles. The van der Waals surface area contributed by atoms with Crippen molar-refractivity contribution in [2.75, 3.05) is 7.05 Å². The highest BCUT2D eigenvalue weighted by Crippen LogP contribution is 2.21. The van der Waals surface area contributed by atoms with Crippen LogP contribution in [-0.2, 0) is 0 Å². The molecule has 1 heterocycles. The summed E-state index contributed by atoms with van der Waals surface area (Å²) in [6, 6.07) is 18.0. The zero-order valence-electron chi connectivity index (χ0n) is 14.2. The predicted molar refractivity (Wildman–Crippen MR) is 95.3 cm³/mol. The third kappa shape index (κ3) is 3.23. The Hall–Kier alpha value is -2.88. The summed E-state index contributed by atoms with van der Waals surface area (Å²) in [6.45, 7) is 4.09. The Bertz CT molecular complexity index is 822. The van der Waals surface area contributed by atoms with E-state index >= 15 is 0 Å². The maximum Gasteiger partial charge on any atom is 0.257 e. The molecule has 0 bridgehead atoms. The highest BCUT2D eigenvalue weighted by atomic mass is 16.2. The number of amides is 1. The van der Waals surface area contributed by atoms with Crippen LogP contribution in [0.4, 0.5) is 0 Å². The van der Waals surface area contributed by atoms with E-state index in [1.165, 1.54) is 5.56 Å². The zero-order chi connectivity index (χ0) is 17.1. The van der Waals surface area contributed by atoms with Crippen molar-refractivity contribution in [1.82, 2.24) is 14.7 Å². The van der Waals surface area contributed by atoms with Gasteiger partial charge in [0.25, 0.3) is 5.91 Å². The molecule has 0 saturated heterocycles. The Morgan fingerprint density at radius 3 is 2.42 bits per heavy atom. The van der Waals surface area contributed by atoms with Gasteiger partial charge in [0.2, 0.25) is 0 Å². The van der Waals surface area contributed by atoms with Gasteiger partial charge in [-0.25, -0.2) is 4.68 Å². The lowest BCUT2D eigenvalue weighted by Gasteiger charge is -2.25. The average Bonchev–Trinajstić information content (AvgIpc) is 3.11. The number of benzene rings is 2. The summed E-state index contributed by atoms with van der Waals surface area (Å²) >= 11 is 0. The molecule has 0 radical (unpaired) electrons. The van der Waals surface area contributed by atoms with Crippen LogP contribution in [-0.4, -0.2) is 27.6 Å². The Morgan fingerprint density at radius 2 is 1.75 bits per heavy atom. The van der Waals surface area contributed by atoms with Crippen LogP contribution in [0.5, 0.6) is 0 Å². The molecule has 3 rings (SSSR count). The number of rotatable bonds is 4. The number of para-hydroxylation sites is 1. The van der Waals surface area contributed by atoms with Gasteiger partial charge in [-0.2, -0.15) is 5.10 Å². The fraction of sp³-hybridized carbons (Fsp3) is 0.200. The van der Waals surface area contributed by atoms with Gasteiger partial charge < -0.3 is 4.90 Å². The van der Waals surface area contributed by atoms with Gasteiger partial charge in [-0.15, -0.1) is 0 Å². The Morgan fingerprint density at radius 1 is 1.08 bits per heavy atom. The first-order chi connectivity index (χ1) is 11.6. The summed E-state index contributed by atoms with van der Waals surface area (Å²) in [5.74, 6) is -0.0368. The SMILES string of the molecule is Cc1ccc(C(C)N(C)C(=O)c2cnn(-c3ccccc3)c2)cc1. The molecule has 0 N–H and O–H groups in total. The first kappa shape index (κ1) is 16.0. The molecule has 3 aromatic rings. The van der Waals surface area contributed by atoms with Crippen molar-refractivity contribution in [2.45, 2.75) is 19.9 Å². The molecule has 1 unspecified atom stereocenters. The highest BCUT2D eigenvalue weighted by molar-refractivity contribution is 5.93. The molecular weight excluding hydrogens is 298 g/mol. The normalized spacial score (nSPS) is 12.0. The van der Waals surface area contributed by atoms with E-state index in [0.717, 1.165) is 11.3 Å². The number of carbonyl (C=O) groups is 1. The van der Waals surface area contributed by atoms with E-state index in [1.807, 2.05) is 44.3 Å². The molecule has 0 aliphatic rings. The van der Waals surface area contributed by atoms with Crippen LogP contribution < -0.4 is 0 Å². The fourth-order valence-electron chi connectivity index (χ4n) is 2.60. The smallest absolute Gasteiger partial charge is 0.257 e. The molecule has 4 heteroatoms. The third-order valence-electron chi connectivity index (χ3n) is 4.31. The van der Waals surface area contributed by atoms with Crippen molar-refractivity contribution in [3.05, 3.63) is 83.7 Å². The van der Waals surface area contributed by atoms with Gasteiger partial charge in [0.05, 0.1) is 23.5 Å². The number of aryl methyl sites for hydroxylation is 1. The van der Waals surface area contributed by atoms with E-state index in [2.05, 4.69) is 36.3 Å². The van der Waals surface area contributed by atoms with Crippen LogP contribution >= 0.6 is 0 Å². The van der Waals surface area contributed by atoms with Crippen molar-refractivity contribution in [1.29, 1.82) is 0 Å². The van der Waals surface area contributed by atoms with Crippen molar-refractivity contribution in [3.8, 4) is 5.69 Å². The second-order valence-corrected chi connectivity index (χ2v) is 6.01. The molecule has 1 atom stereocenters. The first-order valence-electron chi connectivity index (χ1n) is 8.00. The van der Waals surface area contributed by atoms with Gasteiger partial charge in [-0.05, 0) is 31.5 Å². The molecule has 122 valence electrons. The lowest BCUT2D eigenvalue weighted by atomic mass is 10.1. The van der Waals surface area contributed by atoms with Crippen LogP contribution in [0, 0.1) is 6.92 Å². The third-order valence-corrected chi connectivity index (χ3v) is 4.31. The maximum atomic E-state index is 12.7. The second-order valence-electron chi connectivity index (χ2n) is 6.01. The summed E-state index contributed by atoms with van der Waals surface area (Å²) < 4.78 is 1.72. The number of carbonyl (C=O) groups excluding carboxylic acids is 1. The molecule has 1 amide bonds. The summed E-state index contributed by atoms with van der Waals surface area (Å²) in [7, 11) is 1.83. The van der Waals surface area contributed by atoms with Crippen molar-refractivity contribution in [2.24, 2.45) is 0 Å². The minimum absolute atomic E-state index is 0.00169. The van der Waals surface area contributed by atoms with Gasteiger partial charge in [0, 0.05) is 13.2 Å². The van der Waals surface area contributed by atoms with E-state index in [9.17, 15) is 4.79 Å². The minimum atomic E-state index is -0.0368. The van der Waals surface area contributed by atoms with Gasteiger partial charge in [0.1, 0.15) is 0 Å². The molecule has 1 aromatic heterocycles.